The zero-order chi connectivity index (χ0) is 53.7. The number of nitrogens with two attached hydrogens (primary N) is 2. The van der Waals surface area contributed by atoms with Gasteiger partial charge in [-0.15, -0.1) is 0 Å². The maximum atomic E-state index is 12.5. The van der Waals surface area contributed by atoms with E-state index >= 15 is 0 Å². The van der Waals surface area contributed by atoms with Gasteiger partial charge in [-0.25, -0.2) is 4.79 Å². The Hall–Kier alpha value is -5.02. The number of hydrogen-bond donors (Lipinski definition) is 8. The van der Waals surface area contributed by atoms with Gasteiger partial charge in [-0.1, -0.05) is 89.2 Å². The number of carbonyl (C=O) groups is 8. The number of ketones is 2. The number of primary amides is 1. The van der Waals surface area contributed by atoms with Crippen molar-refractivity contribution in [2.75, 3.05) is 65.9 Å². The summed E-state index contributed by atoms with van der Waals surface area (Å²) in [5, 5.41) is 35.6. The summed E-state index contributed by atoms with van der Waals surface area (Å²) in [5.74, 6) is -4.02. The SMILES string of the molecule is NC(=O)[C@@H](CCC(=O)[C@@H](N)CCCCNC(=O)COCCOCCCC(=O)COCCOCCNC(=O)CC[C@H](NC(=O)CCCCCCCCCCCCCCCCC(=O)O)C(=O)O)Cc1ccc(O)cc1. The van der Waals surface area contributed by atoms with Gasteiger partial charge < -0.3 is 61.7 Å². The van der Waals surface area contributed by atoms with Gasteiger partial charge in [0.1, 0.15) is 30.8 Å². The summed E-state index contributed by atoms with van der Waals surface area (Å²) in [6.07, 6.45) is 18.6. The van der Waals surface area contributed by atoms with E-state index in [0.717, 1.165) is 50.5 Å². The first-order chi connectivity index (χ1) is 35.2. The molecule has 0 saturated carbocycles. The fraction of sp³-hybridized carbons (Fsp3) is 0.736. The lowest BCUT2D eigenvalue weighted by molar-refractivity contribution is -0.142. The lowest BCUT2D eigenvalue weighted by atomic mass is 9.91. The van der Waals surface area contributed by atoms with E-state index in [1.54, 1.807) is 12.1 Å². The molecule has 416 valence electrons. The van der Waals surface area contributed by atoms with Gasteiger partial charge in [0.05, 0.1) is 39.1 Å². The zero-order valence-electron chi connectivity index (χ0n) is 43.4. The molecule has 0 spiro atoms. The van der Waals surface area contributed by atoms with Crippen molar-refractivity contribution in [2.24, 2.45) is 17.4 Å². The van der Waals surface area contributed by atoms with Gasteiger partial charge in [0.25, 0.3) is 0 Å². The molecule has 0 unspecified atom stereocenters. The Labute approximate surface area is 432 Å². The fourth-order valence-corrected chi connectivity index (χ4v) is 7.76. The topological polar surface area (TPSA) is 322 Å². The Bertz CT molecular complexity index is 1700. The predicted octanol–water partition coefficient (Wildman–Crippen LogP) is 5.21. The summed E-state index contributed by atoms with van der Waals surface area (Å²) >= 11 is 0. The highest BCUT2D eigenvalue weighted by Crippen LogP contribution is 2.18. The fourth-order valence-electron chi connectivity index (χ4n) is 7.76. The molecule has 0 aliphatic carbocycles. The molecule has 0 saturated heterocycles. The van der Waals surface area contributed by atoms with Gasteiger partial charge in [-0.3, -0.25) is 33.6 Å². The Morgan fingerprint density at radius 2 is 1.05 bits per heavy atom. The van der Waals surface area contributed by atoms with Gasteiger partial charge in [0.15, 0.2) is 5.78 Å². The van der Waals surface area contributed by atoms with E-state index in [0.29, 0.717) is 51.7 Å². The van der Waals surface area contributed by atoms with Crippen LogP contribution in [-0.2, 0) is 63.7 Å². The van der Waals surface area contributed by atoms with E-state index in [1.165, 1.54) is 50.7 Å². The van der Waals surface area contributed by atoms with Crippen molar-refractivity contribution in [3.8, 4) is 5.75 Å². The molecule has 1 aromatic carbocycles. The highest BCUT2D eigenvalue weighted by atomic mass is 16.5. The maximum absolute atomic E-state index is 12.5. The Morgan fingerprint density at radius 3 is 1.64 bits per heavy atom. The van der Waals surface area contributed by atoms with Crippen LogP contribution in [0.3, 0.4) is 0 Å². The molecule has 1 aromatic rings. The largest absolute Gasteiger partial charge is 0.508 e. The first-order valence-corrected chi connectivity index (χ1v) is 26.6. The van der Waals surface area contributed by atoms with E-state index in [1.807, 2.05) is 0 Å². The average Bonchev–Trinajstić information content (AvgIpc) is 3.35. The van der Waals surface area contributed by atoms with Crippen LogP contribution in [0.25, 0.3) is 0 Å². The minimum atomic E-state index is -1.19. The number of benzene rings is 1. The van der Waals surface area contributed by atoms with Crippen LogP contribution in [0.1, 0.15) is 166 Å². The highest BCUT2D eigenvalue weighted by molar-refractivity contribution is 5.85. The van der Waals surface area contributed by atoms with Crippen LogP contribution in [0.2, 0.25) is 0 Å². The zero-order valence-corrected chi connectivity index (χ0v) is 43.4. The van der Waals surface area contributed by atoms with Crippen LogP contribution in [0, 0.1) is 5.92 Å². The minimum Gasteiger partial charge on any atom is -0.508 e. The highest BCUT2D eigenvalue weighted by Gasteiger charge is 2.22. The third kappa shape index (κ3) is 40.1. The van der Waals surface area contributed by atoms with Crippen molar-refractivity contribution < 1.29 is 72.6 Å². The molecular formula is C53H89N5O15. The first kappa shape index (κ1) is 66.0. The minimum absolute atomic E-state index is 0.0332. The standard InChI is InChI=1S/C53H89N5O15/c54-45(47(61)28-24-42(52(55)67)38-41-22-25-43(59)26-23-41)19-15-16-30-56-50(64)40-73-37-34-70-32-17-18-44(60)39-72-36-35-71-33-31-57-48(62)29-27-46(53(68)69)58-49(63)20-13-11-9-7-5-3-1-2-4-6-8-10-12-14-21-51(65)66/h22-23,25-26,42,45-46,59H,1-21,24,27-40,54H2,(H2,55,67)(H,56,64)(H,57,62)(H,58,63)(H,65,66)(H,68,69)/t42-,45-,46-/m0/s1. The molecule has 0 aliphatic heterocycles. The second-order valence-corrected chi connectivity index (χ2v) is 18.6. The molecule has 0 bridgehead atoms. The summed E-state index contributed by atoms with van der Waals surface area (Å²) in [7, 11) is 0. The van der Waals surface area contributed by atoms with Crippen LogP contribution in [0.15, 0.2) is 24.3 Å². The van der Waals surface area contributed by atoms with Crippen LogP contribution in [-0.4, -0.2) is 140 Å². The molecule has 0 fully saturated rings. The molecule has 4 amide bonds. The van der Waals surface area contributed by atoms with Gasteiger partial charge >= 0.3 is 11.9 Å². The smallest absolute Gasteiger partial charge is 0.326 e. The molecule has 20 heteroatoms. The number of carboxylic acid groups (broad SMARTS) is 2. The van der Waals surface area contributed by atoms with Crippen molar-refractivity contribution in [2.45, 2.75) is 179 Å². The van der Waals surface area contributed by atoms with Crippen LogP contribution >= 0.6 is 0 Å². The number of aliphatic carboxylic acids is 2. The molecule has 0 radical (unpaired) electrons. The van der Waals surface area contributed by atoms with E-state index in [2.05, 4.69) is 16.0 Å². The van der Waals surface area contributed by atoms with Gasteiger partial charge in [-0.2, -0.15) is 0 Å². The second-order valence-electron chi connectivity index (χ2n) is 18.6. The number of Topliss-reactive ketones (excluding diaryl/α,β-unsaturated/α-hetero) is 2. The Morgan fingerprint density at radius 1 is 0.507 bits per heavy atom. The number of rotatable bonds is 51. The summed E-state index contributed by atoms with van der Waals surface area (Å²) in [6, 6.07) is 4.66. The van der Waals surface area contributed by atoms with Crippen LogP contribution < -0.4 is 27.4 Å². The number of phenolic OH excluding ortho intramolecular Hbond substituents is 1. The van der Waals surface area contributed by atoms with E-state index in [4.69, 9.17) is 35.5 Å². The van der Waals surface area contributed by atoms with Crippen molar-refractivity contribution in [3.05, 3.63) is 29.8 Å². The number of hydrogen-bond acceptors (Lipinski definition) is 14. The van der Waals surface area contributed by atoms with Crippen molar-refractivity contribution in [3.63, 3.8) is 0 Å². The van der Waals surface area contributed by atoms with E-state index in [9.17, 15) is 48.6 Å². The Balaban J connectivity index is 1.93. The molecule has 3 atom stereocenters. The summed E-state index contributed by atoms with van der Waals surface area (Å²) in [6.45, 7) is 1.80. The molecule has 20 nitrogen and oxygen atoms in total. The van der Waals surface area contributed by atoms with Crippen molar-refractivity contribution in [1.29, 1.82) is 0 Å². The number of ether oxygens (including phenoxy) is 4. The van der Waals surface area contributed by atoms with Gasteiger partial charge in [0.2, 0.25) is 23.6 Å². The number of nitrogens with one attached hydrogen (secondary N) is 3. The third-order valence-electron chi connectivity index (χ3n) is 12.1. The van der Waals surface area contributed by atoms with Gasteiger partial charge in [-0.05, 0) is 75.5 Å². The number of amides is 4. The second kappa shape index (κ2) is 44.5. The quantitative estimate of drug-likeness (QED) is 0.0389. The number of unbranched alkanes of at least 4 members (excludes halogenated alkanes) is 14. The Kier molecular flexibility index (Phi) is 40.2. The molecule has 10 N–H and O–H groups in total. The van der Waals surface area contributed by atoms with Gasteiger partial charge in [0, 0.05) is 57.7 Å². The van der Waals surface area contributed by atoms with Crippen molar-refractivity contribution in [1.82, 2.24) is 16.0 Å². The molecule has 73 heavy (non-hydrogen) atoms. The number of phenols is 1. The van der Waals surface area contributed by atoms with E-state index < -0.39 is 35.8 Å². The number of carbonyl (C=O) groups excluding carboxylic acids is 6. The summed E-state index contributed by atoms with van der Waals surface area (Å²) in [5.41, 5.74) is 12.4. The molecule has 1 rings (SSSR count). The third-order valence-corrected chi connectivity index (χ3v) is 12.1. The summed E-state index contributed by atoms with van der Waals surface area (Å²) in [4.78, 5) is 95.5. The van der Waals surface area contributed by atoms with E-state index in [-0.39, 0.29) is 133 Å². The molecule has 0 aromatic heterocycles. The monoisotopic (exact) mass is 1040 g/mol. The predicted molar refractivity (Wildman–Crippen MR) is 274 cm³/mol. The number of aromatic hydroxyl groups is 1. The molecule has 0 heterocycles. The summed E-state index contributed by atoms with van der Waals surface area (Å²) < 4.78 is 21.6. The number of carboxylic acids is 2. The lowest BCUT2D eigenvalue weighted by Gasteiger charge is -2.15. The van der Waals surface area contributed by atoms with Crippen LogP contribution in [0.5, 0.6) is 5.75 Å². The van der Waals surface area contributed by atoms with Crippen molar-refractivity contribution >= 4 is 47.1 Å². The molecular weight excluding hydrogens is 947 g/mol. The maximum Gasteiger partial charge on any atom is 0.326 e. The molecule has 0 aliphatic rings. The average molecular weight is 1040 g/mol. The normalized spacial score (nSPS) is 12.4. The lowest BCUT2D eigenvalue weighted by Crippen LogP contribution is -2.41. The first-order valence-electron chi connectivity index (χ1n) is 26.6. The van der Waals surface area contributed by atoms with Crippen LogP contribution in [0.4, 0.5) is 0 Å².